The van der Waals surface area contributed by atoms with Gasteiger partial charge in [0, 0.05) is 68.4 Å². The molecule has 2 bridgehead atoms. The average Bonchev–Trinajstić information content (AvgIpc) is 2.49. The zero-order chi connectivity index (χ0) is 14.2. The summed E-state index contributed by atoms with van der Waals surface area (Å²) >= 11 is 0. The van der Waals surface area contributed by atoms with E-state index in [1.807, 2.05) is 0 Å². The second-order valence-corrected chi connectivity index (χ2v) is 6.38. The van der Waals surface area contributed by atoms with Crippen LogP contribution in [0, 0.1) is 0 Å². The molecule has 4 nitrogen and oxygen atoms in total. The Labute approximate surface area is 141 Å². The summed E-state index contributed by atoms with van der Waals surface area (Å²) in [5.41, 5.74) is 0. The van der Waals surface area contributed by atoms with Gasteiger partial charge in [0.05, 0.1) is 0 Å². The summed E-state index contributed by atoms with van der Waals surface area (Å²) in [4.78, 5) is 5.32. The molecule has 2 fully saturated rings. The summed E-state index contributed by atoms with van der Waals surface area (Å²) in [7, 11) is 0. The third-order valence-electron chi connectivity index (χ3n) is 5.03. The van der Waals surface area contributed by atoms with E-state index in [1.165, 1.54) is 65.0 Å². The van der Waals surface area contributed by atoms with Crippen LogP contribution in [0.2, 0.25) is 0 Å². The van der Waals surface area contributed by atoms with Crippen molar-refractivity contribution in [2.45, 2.75) is 51.6 Å². The molecule has 0 amide bonds. The van der Waals surface area contributed by atoms with Crippen molar-refractivity contribution in [1.29, 1.82) is 0 Å². The fourth-order valence-corrected chi connectivity index (χ4v) is 3.39. The van der Waals surface area contributed by atoms with Crippen molar-refractivity contribution in [3.8, 4) is 0 Å². The smallest absolute Gasteiger partial charge is 0.0110 e. The molecule has 1 radical (unpaired) electrons. The Morgan fingerprint density at radius 1 is 0.714 bits per heavy atom. The third kappa shape index (κ3) is 6.98. The van der Waals surface area contributed by atoms with Crippen LogP contribution >= 0.6 is 0 Å². The maximum Gasteiger partial charge on any atom is 0.0110 e. The van der Waals surface area contributed by atoms with E-state index >= 15 is 0 Å². The van der Waals surface area contributed by atoms with Crippen LogP contribution in [-0.4, -0.2) is 74.2 Å². The normalized spacial score (nSPS) is 35.7. The molecule has 0 aromatic carbocycles. The van der Waals surface area contributed by atoms with Crippen molar-refractivity contribution in [2.24, 2.45) is 0 Å². The van der Waals surface area contributed by atoms with E-state index in [2.05, 4.69) is 34.3 Å². The van der Waals surface area contributed by atoms with Gasteiger partial charge in [-0.2, -0.15) is 0 Å². The first-order chi connectivity index (χ1) is 9.81. The number of rotatable bonds is 2. The van der Waals surface area contributed by atoms with Crippen LogP contribution < -0.4 is 10.6 Å². The first-order valence-electron chi connectivity index (χ1n) is 8.73. The van der Waals surface area contributed by atoms with Gasteiger partial charge in [0.1, 0.15) is 0 Å². The van der Waals surface area contributed by atoms with Gasteiger partial charge in [-0.3, -0.25) is 0 Å². The predicted octanol–water partition coefficient (Wildman–Crippen LogP) is 1.13. The zero-order valence-corrected chi connectivity index (χ0v) is 15.1. The fraction of sp³-hybridized carbons (Fsp3) is 1.00. The van der Waals surface area contributed by atoms with E-state index < -0.39 is 0 Å². The Bertz CT molecular complexity index is 235. The standard InChI is InChI=1S/C16H34N4.Mn/c1-3-15-5-9-19-12-8-18-16(4-2)6-10-20(14-13-19)11-7-17-15;/h15-18H,3-14H2,1-2H3;. The van der Waals surface area contributed by atoms with E-state index in [0.717, 1.165) is 13.1 Å². The SMILES string of the molecule is CCC1CCN2CCNC(CC)CCN(CCN1)CC2.[Mn]. The van der Waals surface area contributed by atoms with E-state index in [9.17, 15) is 0 Å². The van der Waals surface area contributed by atoms with Gasteiger partial charge in [-0.15, -0.1) is 0 Å². The molecule has 0 aliphatic carbocycles. The van der Waals surface area contributed by atoms with Crippen LogP contribution in [0.3, 0.4) is 0 Å². The van der Waals surface area contributed by atoms with Gasteiger partial charge in [0.2, 0.25) is 0 Å². The minimum atomic E-state index is 0. The Morgan fingerprint density at radius 2 is 1.14 bits per heavy atom. The van der Waals surface area contributed by atoms with E-state index in [-0.39, 0.29) is 17.1 Å². The van der Waals surface area contributed by atoms with Crippen molar-refractivity contribution >= 4 is 0 Å². The molecule has 2 saturated heterocycles. The van der Waals surface area contributed by atoms with Crippen LogP contribution in [0.25, 0.3) is 0 Å². The number of hydrogen-bond acceptors (Lipinski definition) is 4. The van der Waals surface area contributed by atoms with Crippen LogP contribution in [0.1, 0.15) is 39.5 Å². The average molecular weight is 337 g/mol. The van der Waals surface area contributed by atoms with E-state index in [0.29, 0.717) is 12.1 Å². The van der Waals surface area contributed by atoms with Crippen molar-refractivity contribution in [2.75, 3.05) is 52.4 Å². The summed E-state index contributed by atoms with van der Waals surface area (Å²) in [6, 6.07) is 1.41. The minimum absolute atomic E-state index is 0. The summed E-state index contributed by atoms with van der Waals surface area (Å²) < 4.78 is 0. The molecule has 2 N–H and O–H groups in total. The Kier molecular flexibility index (Phi) is 10.1. The van der Waals surface area contributed by atoms with Gasteiger partial charge >= 0.3 is 0 Å². The zero-order valence-electron chi connectivity index (χ0n) is 13.9. The van der Waals surface area contributed by atoms with Gasteiger partial charge in [-0.1, -0.05) is 13.8 Å². The number of hydrogen-bond donors (Lipinski definition) is 2. The first-order valence-corrected chi connectivity index (χ1v) is 8.73. The second kappa shape index (κ2) is 11.0. The minimum Gasteiger partial charge on any atom is -0.313 e. The molecule has 125 valence electrons. The first kappa shape index (κ1) is 19.4. The summed E-state index contributed by atoms with van der Waals surface area (Å²) in [6.45, 7) is 14.3. The molecular formula is C16H34MnN4. The molecular weight excluding hydrogens is 303 g/mol. The molecule has 4 unspecified atom stereocenters. The van der Waals surface area contributed by atoms with Gasteiger partial charge in [0.15, 0.2) is 0 Å². The molecule has 2 heterocycles. The summed E-state index contributed by atoms with van der Waals surface area (Å²) in [6.07, 6.45) is 5.11. The van der Waals surface area contributed by atoms with Crippen LogP contribution in [0.5, 0.6) is 0 Å². The summed E-state index contributed by atoms with van der Waals surface area (Å²) in [5, 5.41) is 7.50. The largest absolute Gasteiger partial charge is 0.313 e. The van der Waals surface area contributed by atoms with Gasteiger partial charge in [0.25, 0.3) is 0 Å². The van der Waals surface area contributed by atoms with Crippen molar-refractivity contribution in [1.82, 2.24) is 20.4 Å². The number of nitrogens with zero attached hydrogens (tertiary/aromatic N) is 2. The predicted molar refractivity (Wildman–Crippen MR) is 86.3 cm³/mol. The molecule has 0 aromatic rings. The second-order valence-electron chi connectivity index (χ2n) is 6.38. The topological polar surface area (TPSA) is 30.5 Å². The molecule has 2 rings (SSSR count). The molecule has 21 heavy (non-hydrogen) atoms. The third-order valence-corrected chi connectivity index (χ3v) is 5.03. The summed E-state index contributed by atoms with van der Waals surface area (Å²) in [5.74, 6) is 0. The molecule has 0 aromatic heterocycles. The van der Waals surface area contributed by atoms with Gasteiger partial charge in [-0.25, -0.2) is 0 Å². The molecule has 5 heteroatoms. The molecule has 2 aliphatic rings. The Morgan fingerprint density at radius 3 is 1.52 bits per heavy atom. The maximum atomic E-state index is 3.75. The molecule has 4 atom stereocenters. The molecule has 0 spiro atoms. The van der Waals surface area contributed by atoms with Gasteiger partial charge < -0.3 is 20.4 Å². The molecule has 2 aliphatic heterocycles. The monoisotopic (exact) mass is 337 g/mol. The van der Waals surface area contributed by atoms with Gasteiger partial charge in [-0.05, 0) is 38.8 Å². The van der Waals surface area contributed by atoms with Crippen molar-refractivity contribution in [3.63, 3.8) is 0 Å². The van der Waals surface area contributed by atoms with Crippen LogP contribution in [0.15, 0.2) is 0 Å². The van der Waals surface area contributed by atoms with Crippen LogP contribution in [0.4, 0.5) is 0 Å². The fourth-order valence-electron chi connectivity index (χ4n) is 3.39. The van der Waals surface area contributed by atoms with Crippen molar-refractivity contribution in [3.05, 3.63) is 0 Å². The number of fused-ring (bicyclic) bond motifs is 3. The van der Waals surface area contributed by atoms with E-state index in [4.69, 9.17) is 0 Å². The quantitative estimate of drug-likeness (QED) is 0.740. The van der Waals surface area contributed by atoms with E-state index in [1.54, 1.807) is 0 Å². The van der Waals surface area contributed by atoms with Crippen molar-refractivity contribution < 1.29 is 17.1 Å². The Balaban J connectivity index is 0.00000220. The maximum absolute atomic E-state index is 3.75. The Hall–Kier alpha value is 0.359. The number of nitrogens with one attached hydrogen (secondary N) is 2. The van der Waals surface area contributed by atoms with Crippen LogP contribution in [-0.2, 0) is 17.1 Å². The molecule has 0 saturated carbocycles.